The molecule has 1 aromatic heterocycles. The zero-order valence-electron chi connectivity index (χ0n) is 12.6. The number of nitrogens with zero attached hydrogens (tertiary/aromatic N) is 2. The molecule has 4 nitrogen and oxygen atoms in total. The number of nitrogen functional groups attached to an aromatic ring is 1. The van der Waals surface area contributed by atoms with Gasteiger partial charge < -0.3 is 15.5 Å². The van der Waals surface area contributed by atoms with Gasteiger partial charge in [-0.3, -0.25) is 4.79 Å². The van der Waals surface area contributed by atoms with Crippen LogP contribution in [0.1, 0.15) is 36.4 Å². The lowest BCUT2D eigenvalue weighted by Gasteiger charge is -2.34. The van der Waals surface area contributed by atoms with Crippen LogP contribution in [0.25, 0.3) is 0 Å². The van der Waals surface area contributed by atoms with Gasteiger partial charge in [0.1, 0.15) is 4.88 Å². The Labute approximate surface area is 125 Å². The quantitative estimate of drug-likeness (QED) is 0.928. The van der Waals surface area contributed by atoms with Gasteiger partial charge >= 0.3 is 0 Å². The van der Waals surface area contributed by atoms with Crippen LogP contribution in [0.2, 0.25) is 0 Å². The van der Waals surface area contributed by atoms with Crippen molar-refractivity contribution in [3.8, 4) is 0 Å². The SMILES string of the molecule is CC(C)N(C)CC1CCN(C(=O)c2sccc2N)CC1. The van der Waals surface area contributed by atoms with Crippen LogP contribution in [0.4, 0.5) is 5.69 Å². The molecule has 1 aliphatic heterocycles. The topological polar surface area (TPSA) is 49.6 Å². The van der Waals surface area contributed by atoms with E-state index in [9.17, 15) is 4.79 Å². The molecular weight excluding hydrogens is 270 g/mol. The van der Waals surface area contributed by atoms with E-state index < -0.39 is 0 Å². The molecule has 0 aliphatic carbocycles. The second-order valence-electron chi connectivity index (χ2n) is 5.97. The van der Waals surface area contributed by atoms with Gasteiger partial charge in [-0.2, -0.15) is 0 Å². The van der Waals surface area contributed by atoms with Crippen molar-refractivity contribution in [2.75, 3.05) is 32.4 Å². The van der Waals surface area contributed by atoms with Crippen LogP contribution in [0.3, 0.4) is 0 Å². The molecule has 2 heterocycles. The maximum absolute atomic E-state index is 12.4. The molecule has 1 saturated heterocycles. The molecule has 20 heavy (non-hydrogen) atoms. The molecule has 0 unspecified atom stereocenters. The molecule has 5 heteroatoms. The molecule has 0 spiro atoms. The number of thiophene rings is 1. The number of anilines is 1. The smallest absolute Gasteiger partial charge is 0.266 e. The van der Waals surface area contributed by atoms with Crippen LogP contribution >= 0.6 is 11.3 Å². The Kier molecular flexibility index (Phi) is 5.05. The third kappa shape index (κ3) is 3.52. The van der Waals surface area contributed by atoms with Gasteiger partial charge in [-0.05, 0) is 51.1 Å². The van der Waals surface area contributed by atoms with Crippen LogP contribution in [-0.2, 0) is 0 Å². The summed E-state index contributed by atoms with van der Waals surface area (Å²) in [6.45, 7) is 7.27. The number of carbonyl (C=O) groups is 1. The number of rotatable bonds is 4. The van der Waals surface area contributed by atoms with Crippen LogP contribution in [0.15, 0.2) is 11.4 Å². The summed E-state index contributed by atoms with van der Waals surface area (Å²) >= 11 is 1.44. The molecule has 112 valence electrons. The fourth-order valence-corrected chi connectivity index (χ4v) is 3.36. The molecule has 0 bridgehead atoms. The summed E-state index contributed by atoms with van der Waals surface area (Å²) in [6, 6.07) is 2.39. The van der Waals surface area contributed by atoms with Gasteiger partial charge in [0.25, 0.3) is 5.91 Å². The van der Waals surface area contributed by atoms with Gasteiger partial charge in [0.05, 0.1) is 5.69 Å². The van der Waals surface area contributed by atoms with Gasteiger partial charge in [-0.1, -0.05) is 0 Å². The Balaban J connectivity index is 1.85. The molecule has 0 saturated carbocycles. The molecule has 0 radical (unpaired) electrons. The predicted octanol–water partition coefficient (Wildman–Crippen LogP) is 2.52. The summed E-state index contributed by atoms with van der Waals surface area (Å²) in [4.78, 5) is 17.4. The maximum Gasteiger partial charge on any atom is 0.266 e. The average Bonchev–Trinajstić information content (AvgIpc) is 2.85. The van der Waals surface area contributed by atoms with E-state index in [-0.39, 0.29) is 5.91 Å². The zero-order chi connectivity index (χ0) is 14.7. The van der Waals surface area contributed by atoms with E-state index in [1.165, 1.54) is 11.3 Å². The highest BCUT2D eigenvalue weighted by Gasteiger charge is 2.26. The second-order valence-corrected chi connectivity index (χ2v) is 6.89. The third-order valence-electron chi connectivity index (χ3n) is 4.22. The number of carbonyl (C=O) groups excluding carboxylic acids is 1. The highest BCUT2D eigenvalue weighted by atomic mass is 32.1. The molecule has 1 amide bonds. The van der Waals surface area contributed by atoms with Crippen LogP contribution in [-0.4, -0.2) is 48.4 Å². The van der Waals surface area contributed by atoms with Crippen molar-refractivity contribution in [2.45, 2.75) is 32.7 Å². The Morgan fingerprint density at radius 2 is 2.15 bits per heavy atom. The number of hydrogen-bond acceptors (Lipinski definition) is 4. The van der Waals surface area contributed by atoms with E-state index in [0.717, 1.165) is 32.5 Å². The first-order valence-electron chi connectivity index (χ1n) is 7.31. The second kappa shape index (κ2) is 6.59. The summed E-state index contributed by atoms with van der Waals surface area (Å²) in [5.41, 5.74) is 6.44. The van der Waals surface area contributed by atoms with E-state index in [1.807, 2.05) is 16.3 Å². The number of hydrogen-bond donors (Lipinski definition) is 1. The molecule has 1 aliphatic rings. The summed E-state index contributed by atoms with van der Waals surface area (Å²) in [6.07, 6.45) is 2.18. The van der Waals surface area contributed by atoms with Gasteiger partial charge in [-0.25, -0.2) is 0 Å². The van der Waals surface area contributed by atoms with Crippen molar-refractivity contribution in [1.82, 2.24) is 9.80 Å². The largest absolute Gasteiger partial charge is 0.397 e. The lowest BCUT2D eigenvalue weighted by molar-refractivity contribution is 0.0672. The highest BCUT2D eigenvalue weighted by molar-refractivity contribution is 7.12. The highest BCUT2D eigenvalue weighted by Crippen LogP contribution is 2.25. The Morgan fingerprint density at radius 1 is 1.50 bits per heavy atom. The van der Waals surface area contributed by atoms with E-state index in [4.69, 9.17) is 5.73 Å². The zero-order valence-corrected chi connectivity index (χ0v) is 13.4. The van der Waals surface area contributed by atoms with E-state index in [2.05, 4.69) is 25.8 Å². The van der Waals surface area contributed by atoms with Crippen molar-refractivity contribution < 1.29 is 4.79 Å². The summed E-state index contributed by atoms with van der Waals surface area (Å²) in [7, 11) is 2.18. The minimum Gasteiger partial charge on any atom is -0.397 e. The number of likely N-dealkylation sites (tertiary alicyclic amines) is 1. The lowest BCUT2D eigenvalue weighted by Crippen LogP contribution is -2.42. The molecular formula is C15H25N3OS. The van der Waals surface area contributed by atoms with Crippen molar-refractivity contribution in [3.63, 3.8) is 0 Å². The number of amides is 1. The molecule has 0 atom stereocenters. The van der Waals surface area contributed by atoms with Gasteiger partial charge in [0, 0.05) is 25.7 Å². The monoisotopic (exact) mass is 295 g/mol. The van der Waals surface area contributed by atoms with Crippen LogP contribution < -0.4 is 5.73 Å². The fraction of sp³-hybridized carbons (Fsp3) is 0.667. The van der Waals surface area contributed by atoms with Crippen molar-refractivity contribution in [1.29, 1.82) is 0 Å². The Bertz CT molecular complexity index is 450. The van der Waals surface area contributed by atoms with Crippen molar-refractivity contribution in [3.05, 3.63) is 16.3 Å². The van der Waals surface area contributed by atoms with Gasteiger partial charge in [-0.15, -0.1) is 11.3 Å². The maximum atomic E-state index is 12.4. The first-order valence-corrected chi connectivity index (χ1v) is 8.19. The Hall–Kier alpha value is -1.07. The number of piperidine rings is 1. The first-order chi connectivity index (χ1) is 9.49. The number of nitrogens with two attached hydrogens (primary N) is 1. The minimum absolute atomic E-state index is 0.105. The normalized spacial score (nSPS) is 17.1. The molecule has 0 aromatic carbocycles. The standard InChI is InChI=1S/C15H25N3OS/c1-11(2)17(3)10-12-4-7-18(8-5-12)15(19)14-13(16)6-9-20-14/h6,9,11-12H,4-5,7-8,10,16H2,1-3H3. The van der Waals surface area contributed by atoms with E-state index in [1.54, 1.807) is 0 Å². The van der Waals surface area contributed by atoms with Crippen molar-refractivity contribution in [2.24, 2.45) is 5.92 Å². The van der Waals surface area contributed by atoms with E-state index in [0.29, 0.717) is 22.5 Å². The fourth-order valence-electron chi connectivity index (χ4n) is 2.57. The molecule has 1 fully saturated rings. The molecule has 1 aromatic rings. The average molecular weight is 295 g/mol. The predicted molar refractivity (Wildman–Crippen MR) is 85.1 cm³/mol. The van der Waals surface area contributed by atoms with Crippen LogP contribution in [0, 0.1) is 5.92 Å². The molecule has 2 N–H and O–H groups in total. The van der Waals surface area contributed by atoms with E-state index >= 15 is 0 Å². The van der Waals surface area contributed by atoms with Crippen molar-refractivity contribution >= 4 is 22.9 Å². The third-order valence-corrected chi connectivity index (χ3v) is 5.14. The lowest BCUT2D eigenvalue weighted by atomic mass is 9.96. The van der Waals surface area contributed by atoms with Crippen LogP contribution in [0.5, 0.6) is 0 Å². The summed E-state index contributed by atoms with van der Waals surface area (Å²) in [5.74, 6) is 0.806. The van der Waals surface area contributed by atoms with Gasteiger partial charge in [0.15, 0.2) is 0 Å². The Morgan fingerprint density at radius 3 is 2.65 bits per heavy atom. The first kappa shape index (κ1) is 15.3. The molecule has 2 rings (SSSR count). The summed E-state index contributed by atoms with van der Waals surface area (Å²) < 4.78 is 0. The van der Waals surface area contributed by atoms with Gasteiger partial charge in [0.2, 0.25) is 0 Å². The summed E-state index contributed by atoms with van der Waals surface area (Å²) in [5, 5.41) is 1.88. The minimum atomic E-state index is 0.105.